The van der Waals surface area contributed by atoms with Crippen LogP contribution in [0.1, 0.15) is 5.56 Å². The summed E-state index contributed by atoms with van der Waals surface area (Å²) >= 11 is 0. The molecule has 2 saturated heterocycles. The maximum atomic E-state index is 12.7. The lowest BCUT2D eigenvalue weighted by molar-refractivity contribution is -0.128. The summed E-state index contributed by atoms with van der Waals surface area (Å²) in [4.78, 5) is 23.4. The van der Waals surface area contributed by atoms with E-state index in [9.17, 15) is 4.79 Å². The lowest BCUT2D eigenvalue weighted by atomic mass is 9.82. The molecule has 1 N–H and O–H groups in total. The summed E-state index contributed by atoms with van der Waals surface area (Å²) in [6.07, 6.45) is 7.07. The number of likely N-dealkylation sites (tertiary alicyclic amines) is 1. The zero-order valence-electron chi connectivity index (χ0n) is 14.0. The molecule has 0 bridgehead atoms. The van der Waals surface area contributed by atoms with Crippen LogP contribution < -0.4 is 5.32 Å². The molecule has 130 valence electrons. The summed E-state index contributed by atoms with van der Waals surface area (Å²) < 4.78 is 5.74. The van der Waals surface area contributed by atoms with Crippen molar-refractivity contribution in [1.82, 2.24) is 14.9 Å². The van der Waals surface area contributed by atoms with Crippen molar-refractivity contribution < 1.29 is 9.53 Å². The number of nitrogens with zero attached hydrogens (tertiary/aromatic N) is 3. The zero-order chi connectivity index (χ0) is 17.1. The number of amides is 1. The van der Waals surface area contributed by atoms with Gasteiger partial charge in [0.15, 0.2) is 0 Å². The lowest BCUT2D eigenvalue weighted by Crippen LogP contribution is -2.41. The minimum Gasteiger partial charge on any atom is -0.380 e. The topological polar surface area (TPSA) is 67.3 Å². The molecule has 2 aromatic heterocycles. The molecule has 0 saturated carbocycles. The molecule has 0 spiro atoms. The Balaban J connectivity index is 1.41. The second-order valence-electron chi connectivity index (χ2n) is 6.85. The van der Waals surface area contributed by atoms with Crippen LogP contribution in [0.25, 0.3) is 0 Å². The third-order valence-corrected chi connectivity index (χ3v) is 5.11. The third-order valence-electron chi connectivity index (χ3n) is 5.11. The summed E-state index contributed by atoms with van der Waals surface area (Å²) in [7, 11) is 0. The number of hydrogen-bond donors (Lipinski definition) is 1. The standard InChI is InChI=1S/C19H22N4O2/c24-19(22-16-4-2-6-21-8-16)18-13-25-12-15-10-23(11-17(15)18)9-14-3-1-5-20-7-14/h1-8,15,17-18H,9-13H2,(H,22,24)/t15-,17-,18-/m1/s1. The highest BCUT2D eigenvalue weighted by molar-refractivity contribution is 5.92. The van der Waals surface area contributed by atoms with Crippen LogP contribution in [0.4, 0.5) is 5.69 Å². The number of pyridine rings is 2. The molecule has 2 fully saturated rings. The largest absolute Gasteiger partial charge is 0.380 e. The lowest BCUT2D eigenvalue weighted by Gasteiger charge is -2.32. The van der Waals surface area contributed by atoms with E-state index >= 15 is 0 Å². The van der Waals surface area contributed by atoms with E-state index in [2.05, 4.69) is 26.3 Å². The van der Waals surface area contributed by atoms with Gasteiger partial charge in [-0.25, -0.2) is 0 Å². The van der Waals surface area contributed by atoms with Gasteiger partial charge in [-0.05, 0) is 35.6 Å². The molecular weight excluding hydrogens is 316 g/mol. The first-order valence-electron chi connectivity index (χ1n) is 8.69. The molecule has 0 aliphatic carbocycles. The second kappa shape index (κ2) is 7.29. The fourth-order valence-electron chi connectivity index (χ4n) is 3.91. The van der Waals surface area contributed by atoms with Gasteiger partial charge in [0.2, 0.25) is 5.91 Å². The second-order valence-corrected chi connectivity index (χ2v) is 6.85. The Kier molecular flexibility index (Phi) is 4.72. The maximum absolute atomic E-state index is 12.7. The predicted molar refractivity (Wildman–Crippen MR) is 93.7 cm³/mol. The molecule has 2 aromatic rings. The Labute approximate surface area is 147 Å². The number of hydrogen-bond acceptors (Lipinski definition) is 5. The van der Waals surface area contributed by atoms with Gasteiger partial charge in [-0.15, -0.1) is 0 Å². The van der Waals surface area contributed by atoms with E-state index < -0.39 is 0 Å². The number of rotatable bonds is 4. The van der Waals surface area contributed by atoms with Crippen LogP contribution in [0.5, 0.6) is 0 Å². The summed E-state index contributed by atoms with van der Waals surface area (Å²) in [6.45, 7) is 4.00. The summed E-state index contributed by atoms with van der Waals surface area (Å²) in [5.41, 5.74) is 1.94. The zero-order valence-corrected chi connectivity index (χ0v) is 14.0. The van der Waals surface area contributed by atoms with Crippen molar-refractivity contribution in [2.24, 2.45) is 17.8 Å². The van der Waals surface area contributed by atoms with Crippen molar-refractivity contribution in [3.8, 4) is 0 Å². The van der Waals surface area contributed by atoms with Crippen LogP contribution in [0, 0.1) is 17.8 Å². The summed E-state index contributed by atoms with van der Waals surface area (Å²) in [5, 5.41) is 2.98. The van der Waals surface area contributed by atoms with Gasteiger partial charge in [0.05, 0.1) is 31.0 Å². The summed E-state index contributed by atoms with van der Waals surface area (Å²) in [5.74, 6) is 0.668. The number of anilines is 1. The SMILES string of the molecule is O=C(Nc1cccnc1)[C@@H]1COC[C@H]2CN(Cc3cccnc3)C[C@H]21. The first kappa shape index (κ1) is 16.2. The Morgan fingerprint density at radius 1 is 1.16 bits per heavy atom. The first-order valence-corrected chi connectivity index (χ1v) is 8.69. The monoisotopic (exact) mass is 338 g/mol. The van der Waals surface area contributed by atoms with Gasteiger partial charge >= 0.3 is 0 Å². The molecule has 0 aromatic carbocycles. The van der Waals surface area contributed by atoms with Gasteiger partial charge in [0, 0.05) is 38.2 Å². The van der Waals surface area contributed by atoms with Crippen LogP contribution in [-0.4, -0.2) is 47.1 Å². The first-order chi connectivity index (χ1) is 12.3. The van der Waals surface area contributed by atoms with Gasteiger partial charge in [-0.3, -0.25) is 19.7 Å². The Morgan fingerprint density at radius 2 is 2.00 bits per heavy atom. The number of carbonyl (C=O) groups is 1. The molecule has 0 radical (unpaired) electrons. The molecule has 25 heavy (non-hydrogen) atoms. The number of aromatic nitrogens is 2. The minimum atomic E-state index is -0.113. The van der Waals surface area contributed by atoms with E-state index in [4.69, 9.17) is 4.74 Å². The van der Waals surface area contributed by atoms with Crippen molar-refractivity contribution >= 4 is 11.6 Å². The average molecular weight is 338 g/mol. The van der Waals surface area contributed by atoms with E-state index in [0.29, 0.717) is 18.4 Å². The highest BCUT2D eigenvalue weighted by Crippen LogP contribution is 2.35. The van der Waals surface area contributed by atoms with Crippen molar-refractivity contribution in [3.63, 3.8) is 0 Å². The molecule has 4 rings (SSSR count). The summed E-state index contributed by atoms with van der Waals surface area (Å²) in [6, 6.07) is 7.74. The van der Waals surface area contributed by atoms with E-state index in [-0.39, 0.29) is 11.8 Å². The highest BCUT2D eigenvalue weighted by Gasteiger charge is 2.43. The van der Waals surface area contributed by atoms with Gasteiger partial charge in [0.1, 0.15) is 0 Å². The van der Waals surface area contributed by atoms with Crippen LogP contribution in [0.3, 0.4) is 0 Å². The van der Waals surface area contributed by atoms with Crippen molar-refractivity contribution in [3.05, 3.63) is 54.6 Å². The number of carbonyl (C=O) groups excluding carboxylic acids is 1. The van der Waals surface area contributed by atoms with E-state index in [1.807, 2.05) is 24.4 Å². The fraction of sp³-hybridized carbons (Fsp3) is 0.421. The van der Waals surface area contributed by atoms with E-state index in [0.717, 1.165) is 31.9 Å². The number of ether oxygens (including phenoxy) is 1. The van der Waals surface area contributed by atoms with Gasteiger partial charge in [-0.2, -0.15) is 0 Å². The molecule has 6 nitrogen and oxygen atoms in total. The van der Waals surface area contributed by atoms with E-state index in [1.165, 1.54) is 5.56 Å². The van der Waals surface area contributed by atoms with Crippen molar-refractivity contribution in [2.75, 3.05) is 31.6 Å². The van der Waals surface area contributed by atoms with E-state index in [1.54, 1.807) is 18.6 Å². The molecule has 3 atom stereocenters. The number of nitrogens with one attached hydrogen (secondary N) is 1. The van der Waals surface area contributed by atoms with Crippen molar-refractivity contribution in [1.29, 1.82) is 0 Å². The van der Waals surface area contributed by atoms with Crippen LogP contribution >= 0.6 is 0 Å². The van der Waals surface area contributed by atoms with Crippen molar-refractivity contribution in [2.45, 2.75) is 6.54 Å². The van der Waals surface area contributed by atoms with Crippen LogP contribution in [-0.2, 0) is 16.1 Å². The Bertz CT molecular complexity index is 710. The van der Waals surface area contributed by atoms with Crippen LogP contribution in [0.15, 0.2) is 49.1 Å². The highest BCUT2D eigenvalue weighted by atomic mass is 16.5. The minimum absolute atomic E-state index is 0.0333. The molecule has 0 unspecified atom stereocenters. The molecule has 6 heteroatoms. The normalized spacial score (nSPS) is 26.2. The third kappa shape index (κ3) is 3.70. The number of fused-ring (bicyclic) bond motifs is 1. The van der Waals surface area contributed by atoms with Gasteiger partial charge in [0.25, 0.3) is 0 Å². The molecule has 2 aliphatic heterocycles. The molecular formula is C19H22N4O2. The Hall–Kier alpha value is -2.31. The molecule has 4 heterocycles. The fourth-order valence-corrected chi connectivity index (χ4v) is 3.91. The maximum Gasteiger partial charge on any atom is 0.230 e. The van der Waals surface area contributed by atoms with Gasteiger partial charge in [-0.1, -0.05) is 6.07 Å². The average Bonchev–Trinajstić information content (AvgIpc) is 3.05. The predicted octanol–water partition coefficient (Wildman–Crippen LogP) is 1.81. The molecule has 1 amide bonds. The van der Waals surface area contributed by atoms with Gasteiger partial charge < -0.3 is 10.1 Å². The molecule has 2 aliphatic rings. The smallest absolute Gasteiger partial charge is 0.230 e. The Morgan fingerprint density at radius 3 is 2.76 bits per heavy atom. The van der Waals surface area contributed by atoms with Crippen LogP contribution in [0.2, 0.25) is 0 Å². The quantitative estimate of drug-likeness (QED) is 0.921.